The predicted octanol–water partition coefficient (Wildman–Crippen LogP) is 5.96. The second kappa shape index (κ2) is 14.2. The third-order valence-corrected chi connectivity index (χ3v) is 8.96. The maximum atomic E-state index is 12.7. The number of aliphatic carboxylic acids is 1. The molecule has 3 heterocycles. The molecule has 4 aromatic rings. The van der Waals surface area contributed by atoms with Gasteiger partial charge in [-0.05, 0) is 66.9 Å². The molecule has 2 aromatic heterocycles. The lowest BCUT2D eigenvalue weighted by molar-refractivity contribution is -0.144. The molecule has 2 aromatic carbocycles. The van der Waals surface area contributed by atoms with E-state index in [2.05, 4.69) is 50.1 Å². The van der Waals surface area contributed by atoms with E-state index in [1.165, 1.54) is 11.3 Å². The maximum absolute atomic E-state index is 12.7. The van der Waals surface area contributed by atoms with Crippen LogP contribution in [-0.4, -0.2) is 57.6 Å². The largest absolute Gasteiger partial charge is 0.481 e. The Bertz CT molecular complexity index is 1570. The second-order valence-corrected chi connectivity index (χ2v) is 12.3. The van der Waals surface area contributed by atoms with Gasteiger partial charge in [0.1, 0.15) is 0 Å². The van der Waals surface area contributed by atoms with Gasteiger partial charge in [0.2, 0.25) is 0 Å². The van der Waals surface area contributed by atoms with Crippen LogP contribution in [0.4, 0.5) is 11.4 Å². The van der Waals surface area contributed by atoms with Gasteiger partial charge >= 0.3 is 5.97 Å². The molecular formula is C32H33ClN6O3S. The fourth-order valence-corrected chi connectivity index (χ4v) is 5.92. The van der Waals surface area contributed by atoms with E-state index in [0.717, 1.165) is 55.0 Å². The monoisotopic (exact) mass is 616 g/mol. The third kappa shape index (κ3) is 7.95. The van der Waals surface area contributed by atoms with Gasteiger partial charge in [0, 0.05) is 50.3 Å². The molecule has 0 atom stereocenters. The number of anilines is 2. The smallest absolute Gasteiger partial charge is 0.306 e. The molecule has 43 heavy (non-hydrogen) atoms. The zero-order valence-corrected chi connectivity index (χ0v) is 25.2. The van der Waals surface area contributed by atoms with Crippen LogP contribution in [-0.2, 0) is 17.9 Å². The van der Waals surface area contributed by atoms with Crippen LogP contribution in [0.5, 0.6) is 0 Å². The normalized spacial score (nSPS) is 14.7. The molecule has 2 aliphatic rings. The standard InChI is InChI=1S/C27H25ClN6OS.C5H8O2/c28-26-10-9-25(36-26)27(35)33-13-11-32(12-14-33)23-7-5-22(6-8-23)31-17-24-16-30-19-34(24)18-21-3-1-20(15-29)2-4-21;6-5(7)4-2-1-3-4/h1-10,16,19,31H,11-14,17-18H2;4H,1-3H2,(H,6,7). The summed E-state index contributed by atoms with van der Waals surface area (Å²) in [4.78, 5) is 31.8. The van der Waals surface area contributed by atoms with Crippen molar-refractivity contribution in [2.45, 2.75) is 32.4 Å². The zero-order chi connectivity index (χ0) is 30.2. The number of carboxylic acid groups (broad SMARTS) is 1. The molecule has 1 saturated heterocycles. The SMILES string of the molecule is N#Cc1ccc(Cn2cncc2CNc2ccc(N3CCN(C(=O)c4ccc(Cl)s4)CC3)cc2)cc1.O=C(O)C1CCC1. The van der Waals surface area contributed by atoms with E-state index in [9.17, 15) is 9.59 Å². The minimum absolute atomic E-state index is 0.000000000000000444. The molecule has 1 aliphatic carbocycles. The van der Waals surface area contributed by atoms with Crippen LogP contribution in [0.3, 0.4) is 0 Å². The molecule has 6 rings (SSSR count). The Morgan fingerprint density at radius 1 is 1.02 bits per heavy atom. The van der Waals surface area contributed by atoms with E-state index < -0.39 is 5.97 Å². The highest BCUT2D eigenvalue weighted by atomic mass is 35.5. The van der Waals surface area contributed by atoms with Crippen molar-refractivity contribution in [3.63, 3.8) is 0 Å². The number of benzene rings is 2. The molecule has 1 aliphatic heterocycles. The molecule has 0 unspecified atom stereocenters. The molecule has 9 nitrogen and oxygen atoms in total. The van der Waals surface area contributed by atoms with E-state index in [1.54, 1.807) is 12.1 Å². The molecule has 1 amide bonds. The Hall–Kier alpha value is -4.33. The number of nitriles is 1. The van der Waals surface area contributed by atoms with Crippen molar-refractivity contribution in [2.24, 2.45) is 5.92 Å². The summed E-state index contributed by atoms with van der Waals surface area (Å²) >= 11 is 7.31. The van der Waals surface area contributed by atoms with Crippen molar-refractivity contribution in [3.8, 4) is 6.07 Å². The van der Waals surface area contributed by atoms with Crippen molar-refractivity contribution in [3.05, 3.63) is 99.2 Å². The first-order chi connectivity index (χ1) is 20.9. The molecule has 11 heteroatoms. The van der Waals surface area contributed by atoms with Crippen LogP contribution in [0, 0.1) is 17.2 Å². The number of rotatable bonds is 8. The number of hydrogen-bond donors (Lipinski definition) is 2. The number of hydrogen-bond acceptors (Lipinski definition) is 7. The molecular weight excluding hydrogens is 584 g/mol. The Balaban J connectivity index is 0.000000463. The van der Waals surface area contributed by atoms with Crippen molar-refractivity contribution < 1.29 is 14.7 Å². The van der Waals surface area contributed by atoms with E-state index in [-0.39, 0.29) is 11.8 Å². The number of carbonyl (C=O) groups is 2. The molecule has 222 valence electrons. The summed E-state index contributed by atoms with van der Waals surface area (Å²) in [6.07, 6.45) is 6.60. The summed E-state index contributed by atoms with van der Waals surface area (Å²) in [6, 6.07) is 21.7. The second-order valence-electron chi connectivity index (χ2n) is 10.6. The first-order valence-electron chi connectivity index (χ1n) is 14.2. The Kier molecular flexibility index (Phi) is 9.97. The van der Waals surface area contributed by atoms with E-state index >= 15 is 0 Å². The number of imidazole rings is 1. The van der Waals surface area contributed by atoms with Crippen molar-refractivity contribution in [1.29, 1.82) is 5.26 Å². The van der Waals surface area contributed by atoms with Gasteiger partial charge in [-0.1, -0.05) is 30.2 Å². The Labute approximate surface area is 260 Å². The maximum Gasteiger partial charge on any atom is 0.306 e. The van der Waals surface area contributed by atoms with Crippen LogP contribution in [0.1, 0.15) is 45.8 Å². The van der Waals surface area contributed by atoms with Gasteiger partial charge in [-0.2, -0.15) is 5.26 Å². The fourth-order valence-electron chi connectivity index (χ4n) is 4.91. The minimum Gasteiger partial charge on any atom is -0.481 e. The zero-order valence-electron chi connectivity index (χ0n) is 23.7. The summed E-state index contributed by atoms with van der Waals surface area (Å²) in [5, 5.41) is 20.7. The summed E-state index contributed by atoms with van der Waals surface area (Å²) in [6.45, 7) is 4.34. The van der Waals surface area contributed by atoms with Gasteiger partial charge in [-0.3, -0.25) is 9.59 Å². The molecule has 0 bridgehead atoms. The van der Waals surface area contributed by atoms with Crippen molar-refractivity contribution in [1.82, 2.24) is 14.5 Å². The van der Waals surface area contributed by atoms with Crippen LogP contribution in [0.15, 0.2) is 73.2 Å². The first kappa shape index (κ1) is 30.1. The number of piperazine rings is 1. The van der Waals surface area contributed by atoms with Gasteiger partial charge < -0.3 is 24.8 Å². The predicted molar refractivity (Wildman–Crippen MR) is 169 cm³/mol. The average molecular weight is 617 g/mol. The minimum atomic E-state index is -0.619. The Morgan fingerprint density at radius 3 is 2.30 bits per heavy atom. The lowest BCUT2D eigenvalue weighted by Crippen LogP contribution is -2.48. The van der Waals surface area contributed by atoms with Crippen LogP contribution in [0.25, 0.3) is 0 Å². The lowest BCUT2D eigenvalue weighted by Gasteiger charge is -2.36. The number of aromatic nitrogens is 2. The highest BCUT2D eigenvalue weighted by Crippen LogP contribution is 2.26. The summed E-state index contributed by atoms with van der Waals surface area (Å²) in [7, 11) is 0. The highest BCUT2D eigenvalue weighted by molar-refractivity contribution is 7.17. The van der Waals surface area contributed by atoms with E-state index in [1.807, 2.05) is 41.7 Å². The first-order valence-corrected chi connectivity index (χ1v) is 15.4. The highest BCUT2D eigenvalue weighted by Gasteiger charge is 2.24. The average Bonchev–Trinajstić information content (AvgIpc) is 3.64. The number of halogens is 1. The molecule has 2 fully saturated rings. The number of nitrogens with zero attached hydrogens (tertiary/aromatic N) is 5. The van der Waals surface area contributed by atoms with E-state index in [4.69, 9.17) is 22.0 Å². The number of amides is 1. The van der Waals surface area contributed by atoms with Crippen LogP contribution >= 0.6 is 22.9 Å². The topological polar surface area (TPSA) is 114 Å². The van der Waals surface area contributed by atoms with Gasteiger partial charge in [0.05, 0.1) is 45.3 Å². The molecule has 0 spiro atoms. The Morgan fingerprint density at radius 2 is 1.74 bits per heavy atom. The van der Waals surface area contributed by atoms with Crippen LogP contribution in [0.2, 0.25) is 4.34 Å². The number of nitrogens with one attached hydrogen (secondary N) is 1. The van der Waals surface area contributed by atoms with Gasteiger partial charge in [0.25, 0.3) is 5.91 Å². The number of thiophene rings is 1. The summed E-state index contributed by atoms with van der Waals surface area (Å²) in [5.41, 5.74) is 5.05. The van der Waals surface area contributed by atoms with Gasteiger partial charge in [0.15, 0.2) is 0 Å². The molecule has 0 radical (unpaired) electrons. The quantitative estimate of drug-likeness (QED) is 0.251. The summed E-state index contributed by atoms with van der Waals surface area (Å²) in [5.74, 6) is -0.559. The number of carbonyl (C=O) groups excluding carboxylic acids is 1. The van der Waals surface area contributed by atoms with Gasteiger partial charge in [-0.15, -0.1) is 11.3 Å². The van der Waals surface area contributed by atoms with Gasteiger partial charge in [-0.25, -0.2) is 4.98 Å². The number of carboxylic acids is 1. The van der Waals surface area contributed by atoms with Crippen molar-refractivity contribution in [2.75, 3.05) is 36.4 Å². The fraction of sp³-hybridized carbons (Fsp3) is 0.312. The summed E-state index contributed by atoms with van der Waals surface area (Å²) < 4.78 is 2.75. The van der Waals surface area contributed by atoms with E-state index in [0.29, 0.717) is 41.0 Å². The lowest BCUT2D eigenvalue weighted by atomic mass is 9.86. The molecule has 2 N–H and O–H groups in total. The van der Waals surface area contributed by atoms with Crippen molar-refractivity contribution >= 4 is 46.2 Å². The molecule has 1 saturated carbocycles. The van der Waals surface area contributed by atoms with Crippen LogP contribution < -0.4 is 10.2 Å². The third-order valence-electron chi connectivity index (χ3n) is 7.75.